The molecule has 0 aliphatic carbocycles. The lowest BCUT2D eigenvalue weighted by molar-refractivity contribution is -0.161. The highest BCUT2D eigenvalue weighted by atomic mass is 31.2. The van der Waals surface area contributed by atoms with Gasteiger partial charge in [-0.25, -0.2) is 9.13 Å². The van der Waals surface area contributed by atoms with Crippen molar-refractivity contribution < 1.29 is 80.2 Å². The van der Waals surface area contributed by atoms with Gasteiger partial charge in [-0.2, -0.15) is 0 Å². The van der Waals surface area contributed by atoms with E-state index >= 15 is 0 Å². The molecule has 0 rings (SSSR count). The second kappa shape index (κ2) is 64.7. The molecule has 0 aliphatic rings. The Hall–Kier alpha value is -1.94. The van der Waals surface area contributed by atoms with Crippen LogP contribution in [0, 0.1) is 17.8 Å². The first-order chi connectivity index (χ1) is 44.8. The Bertz CT molecular complexity index is 1820. The molecule has 0 spiro atoms. The van der Waals surface area contributed by atoms with Crippen LogP contribution in [0.15, 0.2) is 0 Å². The van der Waals surface area contributed by atoms with Gasteiger partial charge in [0.25, 0.3) is 0 Å². The summed E-state index contributed by atoms with van der Waals surface area (Å²) in [6, 6.07) is 0. The minimum Gasteiger partial charge on any atom is -0.462 e. The standard InChI is InChI=1S/C74H144O17P2/c1-8-11-12-13-31-41-48-55-71(76)84-61-70(91-74(79)58-51-44-37-36-40-47-54-67(7)10-3)64-89-93(82,83)87-60-68(75)59-86-92(80,81)88-63-69(62-85-72(77)56-49-42-34-29-26-22-23-27-32-38-45-52-65(4)5)90-73(78)57-50-43-35-30-25-21-19-17-15-14-16-18-20-24-28-33-39-46-53-66(6)9-2/h65-70,75H,8-64H2,1-7H3,(H,80,81)(H,82,83)/t66?,67?,68-,69-,70-/m1/s1. The maximum absolute atomic E-state index is 13.1. The second-order valence-corrected chi connectivity index (χ2v) is 30.6. The molecule has 0 bridgehead atoms. The van der Waals surface area contributed by atoms with Crippen LogP contribution >= 0.6 is 15.6 Å². The lowest BCUT2D eigenvalue weighted by Crippen LogP contribution is -2.30. The van der Waals surface area contributed by atoms with Crippen LogP contribution in [0.4, 0.5) is 0 Å². The Labute approximate surface area is 568 Å². The Balaban J connectivity index is 5.15. The Morgan fingerprint density at radius 2 is 0.548 bits per heavy atom. The Morgan fingerprint density at radius 3 is 0.817 bits per heavy atom. The third-order valence-corrected chi connectivity index (χ3v) is 19.8. The maximum atomic E-state index is 13.1. The van der Waals surface area contributed by atoms with Crippen LogP contribution in [0.5, 0.6) is 0 Å². The zero-order valence-electron chi connectivity index (χ0n) is 60.7. The molecule has 0 saturated heterocycles. The van der Waals surface area contributed by atoms with Gasteiger partial charge in [0.05, 0.1) is 26.4 Å². The number of hydrogen-bond donors (Lipinski definition) is 3. The Morgan fingerprint density at radius 1 is 0.312 bits per heavy atom. The number of ether oxygens (including phenoxy) is 4. The summed E-state index contributed by atoms with van der Waals surface area (Å²) in [6.07, 6.45) is 50.2. The highest BCUT2D eigenvalue weighted by molar-refractivity contribution is 7.47. The van der Waals surface area contributed by atoms with E-state index in [2.05, 4.69) is 48.5 Å². The fourth-order valence-corrected chi connectivity index (χ4v) is 12.8. The molecule has 0 radical (unpaired) electrons. The first kappa shape index (κ1) is 91.1. The Kier molecular flexibility index (Phi) is 63.4. The summed E-state index contributed by atoms with van der Waals surface area (Å²) < 4.78 is 68.3. The zero-order chi connectivity index (χ0) is 68.7. The van der Waals surface area contributed by atoms with Gasteiger partial charge < -0.3 is 33.8 Å². The summed E-state index contributed by atoms with van der Waals surface area (Å²) in [5, 5.41) is 10.6. The molecule has 0 aromatic rings. The number of carbonyl (C=O) groups is 4. The van der Waals surface area contributed by atoms with Crippen molar-refractivity contribution >= 4 is 39.5 Å². The molecule has 0 heterocycles. The number of aliphatic hydroxyl groups is 1. The van der Waals surface area contributed by atoms with Crippen molar-refractivity contribution in [1.82, 2.24) is 0 Å². The van der Waals surface area contributed by atoms with E-state index in [1.165, 1.54) is 173 Å². The topological polar surface area (TPSA) is 237 Å². The van der Waals surface area contributed by atoms with Crippen LogP contribution in [0.3, 0.4) is 0 Å². The van der Waals surface area contributed by atoms with Gasteiger partial charge in [0.15, 0.2) is 12.2 Å². The van der Waals surface area contributed by atoms with Crippen LogP contribution in [0.1, 0.15) is 376 Å². The van der Waals surface area contributed by atoms with Crippen molar-refractivity contribution in [3.05, 3.63) is 0 Å². The lowest BCUT2D eigenvalue weighted by Gasteiger charge is -2.21. The molecule has 0 saturated carbocycles. The van der Waals surface area contributed by atoms with Gasteiger partial charge in [-0.1, -0.05) is 325 Å². The monoisotopic (exact) mass is 1370 g/mol. The molecule has 19 heteroatoms. The summed E-state index contributed by atoms with van der Waals surface area (Å²) in [5.41, 5.74) is 0. The van der Waals surface area contributed by atoms with Crippen molar-refractivity contribution in [2.75, 3.05) is 39.6 Å². The van der Waals surface area contributed by atoms with Gasteiger partial charge in [0.2, 0.25) is 0 Å². The molecule has 0 fully saturated rings. The first-order valence-corrected chi connectivity index (χ1v) is 41.4. The largest absolute Gasteiger partial charge is 0.472 e. The van der Waals surface area contributed by atoms with Gasteiger partial charge in [0.1, 0.15) is 19.3 Å². The van der Waals surface area contributed by atoms with Crippen molar-refractivity contribution in [3.63, 3.8) is 0 Å². The third kappa shape index (κ3) is 65.8. The predicted molar refractivity (Wildman–Crippen MR) is 377 cm³/mol. The lowest BCUT2D eigenvalue weighted by atomic mass is 9.99. The fourth-order valence-electron chi connectivity index (χ4n) is 11.2. The van der Waals surface area contributed by atoms with Gasteiger partial charge in [-0.3, -0.25) is 37.3 Å². The molecule has 0 amide bonds. The normalized spacial score (nSPS) is 14.7. The van der Waals surface area contributed by atoms with E-state index in [0.717, 1.165) is 120 Å². The summed E-state index contributed by atoms with van der Waals surface area (Å²) in [5.74, 6) is 0.234. The molecule has 7 atom stereocenters. The van der Waals surface area contributed by atoms with Gasteiger partial charge in [-0.15, -0.1) is 0 Å². The molecule has 0 aromatic heterocycles. The predicted octanol–water partition coefficient (Wildman–Crippen LogP) is 21.4. The minimum atomic E-state index is -4.95. The van der Waals surface area contributed by atoms with Gasteiger partial charge >= 0.3 is 39.5 Å². The molecule has 17 nitrogen and oxygen atoms in total. The summed E-state index contributed by atoms with van der Waals surface area (Å²) in [4.78, 5) is 72.5. The number of hydrogen-bond acceptors (Lipinski definition) is 15. The van der Waals surface area contributed by atoms with Crippen LogP contribution in [-0.2, 0) is 65.4 Å². The highest BCUT2D eigenvalue weighted by Gasteiger charge is 2.30. The van der Waals surface area contributed by atoms with Crippen molar-refractivity contribution in [1.29, 1.82) is 0 Å². The van der Waals surface area contributed by atoms with E-state index in [1.807, 2.05) is 0 Å². The maximum Gasteiger partial charge on any atom is 0.472 e. The van der Waals surface area contributed by atoms with E-state index in [0.29, 0.717) is 25.7 Å². The molecule has 552 valence electrons. The molecule has 0 aliphatic heterocycles. The third-order valence-electron chi connectivity index (χ3n) is 17.9. The number of unbranched alkanes of at least 4 members (excludes halogenated alkanes) is 38. The van der Waals surface area contributed by atoms with E-state index in [-0.39, 0.29) is 25.7 Å². The number of esters is 4. The van der Waals surface area contributed by atoms with Crippen LogP contribution in [0.25, 0.3) is 0 Å². The molecular weight excluding hydrogens is 1220 g/mol. The number of phosphoric ester groups is 2. The van der Waals surface area contributed by atoms with Crippen LogP contribution in [0.2, 0.25) is 0 Å². The summed E-state index contributed by atoms with van der Waals surface area (Å²) in [6.45, 7) is 11.9. The molecule has 4 unspecified atom stereocenters. The van der Waals surface area contributed by atoms with Gasteiger partial charge in [0, 0.05) is 25.7 Å². The second-order valence-electron chi connectivity index (χ2n) is 27.6. The average molecular weight is 1370 g/mol. The average Bonchev–Trinajstić information content (AvgIpc) is 1.58. The summed E-state index contributed by atoms with van der Waals surface area (Å²) in [7, 11) is -9.90. The number of carbonyl (C=O) groups excluding carboxylic acids is 4. The number of aliphatic hydroxyl groups excluding tert-OH is 1. The molecule has 0 aromatic carbocycles. The highest BCUT2D eigenvalue weighted by Crippen LogP contribution is 2.45. The smallest absolute Gasteiger partial charge is 0.462 e. The van der Waals surface area contributed by atoms with Crippen molar-refractivity contribution in [2.45, 2.75) is 394 Å². The molecular formula is C74H144O17P2. The van der Waals surface area contributed by atoms with E-state index in [9.17, 15) is 43.2 Å². The number of rotatable bonds is 72. The van der Waals surface area contributed by atoms with Crippen LogP contribution < -0.4 is 0 Å². The van der Waals surface area contributed by atoms with Crippen molar-refractivity contribution in [2.24, 2.45) is 17.8 Å². The zero-order valence-corrected chi connectivity index (χ0v) is 62.5. The van der Waals surface area contributed by atoms with Crippen molar-refractivity contribution in [3.8, 4) is 0 Å². The number of phosphoric acid groups is 2. The molecule has 3 N–H and O–H groups in total. The van der Waals surface area contributed by atoms with E-state index in [1.54, 1.807) is 0 Å². The van der Waals surface area contributed by atoms with Gasteiger partial charge in [-0.05, 0) is 43.4 Å². The first-order valence-electron chi connectivity index (χ1n) is 38.4. The van der Waals surface area contributed by atoms with Crippen LogP contribution in [-0.4, -0.2) is 96.7 Å². The fraction of sp³-hybridized carbons (Fsp3) is 0.946. The van der Waals surface area contributed by atoms with E-state index in [4.69, 9.17) is 37.0 Å². The van der Waals surface area contributed by atoms with E-state index < -0.39 is 97.5 Å². The molecule has 93 heavy (non-hydrogen) atoms. The minimum absolute atomic E-state index is 0.102. The summed E-state index contributed by atoms with van der Waals surface area (Å²) >= 11 is 0. The quantitative estimate of drug-likeness (QED) is 0.0222. The SMILES string of the molecule is CCCCCCCCCC(=O)OC[C@H](COP(=O)(O)OC[C@H](O)COP(=O)(O)OC[C@@H](COC(=O)CCCCCCCCCCCCCC(C)C)OC(=O)CCCCCCCCCCCCCCCCCCCCC(C)CC)OC(=O)CCCCCCCCC(C)CC.